The molecule has 0 aromatic carbocycles. The fourth-order valence-electron chi connectivity index (χ4n) is 1.90. The first-order valence-corrected chi connectivity index (χ1v) is 5.55. The van der Waals surface area contributed by atoms with Crippen LogP contribution in [0.3, 0.4) is 0 Å². The maximum absolute atomic E-state index is 12.0. The van der Waals surface area contributed by atoms with Crippen LogP contribution in [0.4, 0.5) is 5.88 Å². The standard InChI is InChI=1S/C11H12N2O5/c1-7-6-12(5-4-8(7)14)11(15)9-2-3-10(18-9)13(16)17/h2-3,7H,4-6H2,1H3. The summed E-state index contributed by atoms with van der Waals surface area (Å²) in [6, 6.07) is 2.42. The lowest BCUT2D eigenvalue weighted by Crippen LogP contribution is -2.43. The maximum Gasteiger partial charge on any atom is 0.433 e. The molecule has 1 saturated heterocycles. The molecule has 1 aromatic heterocycles. The predicted octanol–water partition coefficient (Wildman–Crippen LogP) is 1.24. The second kappa shape index (κ2) is 4.59. The van der Waals surface area contributed by atoms with Crippen molar-refractivity contribution in [2.24, 2.45) is 5.92 Å². The van der Waals surface area contributed by atoms with Crippen molar-refractivity contribution in [1.82, 2.24) is 4.90 Å². The van der Waals surface area contributed by atoms with Crippen molar-refractivity contribution >= 4 is 17.6 Å². The molecular weight excluding hydrogens is 240 g/mol. The number of hydrogen-bond donors (Lipinski definition) is 0. The predicted molar refractivity (Wildman–Crippen MR) is 60.1 cm³/mol. The fraction of sp³-hybridized carbons (Fsp3) is 0.455. The van der Waals surface area contributed by atoms with Crippen LogP contribution < -0.4 is 0 Å². The number of likely N-dealkylation sites (tertiary alicyclic amines) is 1. The van der Waals surface area contributed by atoms with E-state index in [9.17, 15) is 19.7 Å². The van der Waals surface area contributed by atoms with E-state index in [2.05, 4.69) is 0 Å². The van der Waals surface area contributed by atoms with Gasteiger partial charge in [-0.25, -0.2) is 0 Å². The van der Waals surface area contributed by atoms with E-state index in [-0.39, 0.29) is 17.5 Å². The first kappa shape index (κ1) is 12.3. The Morgan fingerprint density at radius 3 is 2.83 bits per heavy atom. The summed E-state index contributed by atoms with van der Waals surface area (Å²) in [5, 5.41) is 10.5. The van der Waals surface area contributed by atoms with Crippen molar-refractivity contribution in [3.05, 3.63) is 28.0 Å². The Kier molecular flexibility index (Phi) is 3.14. The van der Waals surface area contributed by atoms with Gasteiger partial charge in [-0.05, 0) is 6.07 Å². The number of amides is 1. The van der Waals surface area contributed by atoms with Crippen molar-refractivity contribution in [2.45, 2.75) is 13.3 Å². The van der Waals surface area contributed by atoms with Gasteiger partial charge >= 0.3 is 5.88 Å². The van der Waals surface area contributed by atoms with Crippen LogP contribution in [-0.2, 0) is 4.79 Å². The highest BCUT2D eigenvalue weighted by atomic mass is 16.6. The van der Waals surface area contributed by atoms with Crippen LogP contribution in [0.25, 0.3) is 0 Å². The molecular formula is C11H12N2O5. The van der Waals surface area contributed by atoms with Crippen LogP contribution in [0.1, 0.15) is 23.9 Å². The minimum Gasteiger partial charge on any atom is -0.395 e. The number of Topliss-reactive ketones (excluding diaryl/α,β-unsaturated/α-hetero) is 1. The van der Waals surface area contributed by atoms with Gasteiger partial charge in [0.25, 0.3) is 5.91 Å². The molecule has 0 saturated carbocycles. The summed E-state index contributed by atoms with van der Waals surface area (Å²) in [5.74, 6) is -1.01. The monoisotopic (exact) mass is 252 g/mol. The highest BCUT2D eigenvalue weighted by Crippen LogP contribution is 2.20. The van der Waals surface area contributed by atoms with Crippen molar-refractivity contribution in [3.63, 3.8) is 0 Å². The highest BCUT2D eigenvalue weighted by Gasteiger charge is 2.29. The molecule has 7 nitrogen and oxygen atoms in total. The molecule has 7 heteroatoms. The van der Waals surface area contributed by atoms with Crippen molar-refractivity contribution in [2.75, 3.05) is 13.1 Å². The minimum atomic E-state index is -0.695. The molecule has 1 amide bonds. The summed E-state index contributed by atoms with van der Waals surface area (Å²) < 4.78 is 4.85. The zero-order valence-corrected chi connectivity index (χ0v) is 9.79. The van der Waals surface area contributed by atoms with Gasteiger partial charge in [0.15, 0.2) is 5.76 Å². The number of nitrogens with zero attached hydrogens (tertiary/aromatic N) is 2. The Bertz CT molecular complexity index is 507. The molecule has 1 fully saturated rings. The SMILES string of the molecule is CC1CN(C(=O)c2ccc([N+](=O)[O-])o2)CCC1=O. The van der Waals surface area contributed by atoms with E-state index in [1.54, 1.807) is 6.92 Å². The van der Waals surface area contributed by atoms with Crippen molar-refractivity contribution in [1.29, 1.82) is 0 Å². The van der Waals surface area contributed by atoms with Gasteiger partial charge in [0, 0.05) is 25.4 Å². The molecule has 1 unspecified atom stereocenters. The number of rotatable bonds is 2. The molecule has 0 radical (unpaired) electrons. The van der Waals surface area contributed by atoms with Gasteiger partial charge in [-0.1, -0.05) is 6.92 Å². The van der Waals surface area contributed by atoms with Gasteiger partial charge < -0.3 is 9.32 Å². The average Bonchev–Trinajstić information content (AvgIpc) is 2.81. The zero-order valence-electron chi connectivity index (χ0n) is 9.79. The third kappa shape index (κ3) is 2.24. The molecule has 0 bridgehead atoms. The van der Waals surface area contributed by atoms with Crippen LogP contribution in [0.2, 0.25) is 0 Å². The molecule has 1 atom stereocenters. The van der Waals surface area contributed by atoms with Crippen LogP contribution in [0, 0.1) is 16.0 Å². The van der Waals surface area contributed by atoms with Crippen LogP contribution in [0.5, 0.6) is 0 Å². The minimum absolute atomic E-state index is 0.0664. The molecule has 0 spiro atoms. The molecule has 0 aliphatic carbocycles. The molecule has 1 aromatic rings. The van der Waals surface area contributed by atoms with Gasteiger partial charge in [0.1, 0.15) is 10.7 Å². The normalized spacial score (nSPS) is 19.9. The van der Waals surface area contributed by atoms with Crippen LogP contribution in [0.15, 0.2) is 16.5 Å². The lowest BCUT2D eigenvalue weighted by molar-refractivity contribution is -0.402. The lowest BCUT2D eigenvalue weighted by atomic mass is 9.98. The van der Waals surface area contributed by atoms with E-state index in [1.165, 1.54) is 11.0 Å². The second-order valence-corrected chi connectivity index (χ2v) is 4.26. The molecule has 2 rings (SSSR count). The highest BCUT2D eigenvalue weighted by molar-refractivity contribution is 5.93. The molecule has 1 aliphatic rings. The van der Waals surface area contributed by atoms with E-state index in [4.69, 9.17) is 4.42 Å². The molecule has 0 N–H and O–H groups in total. The topological polar surface area (TPSA) is 93.7 Å². The maximum atomic E-state index is 12.0. The fourth-order valence-corrected chi connectivity index (χ4v) is 1.90. The third-order valence-electron chi connectivity index (χ3n) is 2.94. The summed E-state index contributed by atoms with van der Waals surface area (Å²) in [4.78, 5) is 34.6. The van der Waals surface area contributed by atoms with E-state index in [0.717, 1.165) is 6.07 Å². The van der Waals surface area contributed by atoms with Gasteiger partial charge in [-0.3, -0.25) is 19.7 Å². The second-order valence-electron chi connectivity index (χ2n) is 4.26. The number of carbonyl (C=O) groups excluding carboxylic acids is 2. The van der Waals surface area contributed by atoms with E-state index < -0.39 is 16.7 Å². The lowest BCUT2D eigenvalue weighted by Gasteiger charge is -2.29. The first-order valence-electron chi connectivity index (χ1n) is 5.55. The number of piperidine rings is 1. The Morgan fingerprint density at radius 2 is 2.28 bits per heavy atom. The molecule has 96 valence electrons. The van der Waals surface area contributed by atoms with Gasteiger partial charge in [0.2, 0.25) is 0 Å². The van der Waals surface area contributed by atoms with Gasteiger partial charge in [0.05, 0.1) is 6.07 Å². The van der Waals surface area contributed by atoms with Crippen LogP contribution in [-0.4, -0.2) is 34.6 Å². The Balaban J connectivity index is 2.11. The zero-order chi connectivity index (χ0) is 13.3. The smallest absolute Gasteiger partial charge is 0.395 e. The Labute approximate surface area is 103 Å². The third-order valence-corrected chi connectivity index (χ3v) is 2.94. The van der Waals surface area contributed by atoms with E-state index in [0.29, 0.717) is 19.5 Å². The largest absolute Gasteiger partial charge is 0.433 e. The first-order chi connectivity index (χ1) is 8.49. The quantitative estimate of drug-likeness (QED) is 0.583. The summed E-state index contributed by atoms with van der Waals surface area (Å²) in [6.45, 7) is 2.41. The summed E-state index contributed by atoms with van der Waals surface area (Å²) >= 11 is 0. The molecule has 2 heterocycles. The summed E-state index contributed by atoms with van der Waals surface area (Å²) in [6.07, 6.45) is 0.315. The van der Waals surface area contributed by atoms with Gasteiger partial charge in [-0.15, -0.1) is 0 Å². The van der Waals surface area contributed by atoms with Crippen molar-refractivity contribution in [3.8, 4) is 0 Å². The van der Waals surface area contributed by atoms with Crippen LogP contribution >= 0.6 is 0 Å². The summed E-state index contributed by atoms with van der Waals surface area (Å²) in [7, 11) is 0. The van der Waals surface area contributed by atoms with Gasteiger partial charge in [-0.2, -0.15) is 0 Å². The van der Waals surface area contributed by atoms with E-state index >= 15 is 0 Å². The van der Waals surface area contributed by atoms with E-state index in [1.807, 2.05) is 0 Å². The Hall–Kier alpha value is -2.18. The Morgan fingerprint density at radius 1 is 1.56 bits per heavy atom. The number of ketones is 1. The number of furan rings is 1. The molecule has 1 aliphatic heterocycles. The average molecular weight is 252 g/mol. The number of nitro groups is 1. The number of hydrogen-bond acceptors (Lipinski definition) is 5. The molecule has 18 heavy (non-hydrogen) atoms. The van der Waals surface area contributed by atoms with Crippen molar-refractivity contribution < 1.29 is 18.9 Å². The number of carbonyl (C=O) groups is 2. The summed E-state index contributed by atoms with van der Waals surface area (Å²) in [5.41, 5.74) is 0.